The van der Waals surface area contributed by atoms with Crippen LogP contribution in [0.3, 0.4) is 0 Å². The molecule has 0 atom stereocenters. The molecule has 0 heterocycles. The molecule has 41 heavy (non-hydrogen) atoms. The Morgan fingerprint density at radius 3 is 1.68 bits per heavy atom. The van der Waals surface area contributed by atoms with Gasteiger partial charge in [-0.15, -0.1) is 13.2 Å². The third kappa shape index (κ3) is 7.00. The van der Waals surface area contributed by atoms with Crippen LogP contribution in [0.2, 0.25) is 0 Å². The number of allylic oxidation sites excluding steroid dienone is 1. The molecule has 0 unspecified atom stereocenters. The molecule has 10 heteroatoms. The van der Waals surface area contributed by atoms with Crippen LogP contribution in [0, 0.1) is 23.3 Å². The zero-order chi connectivity index (χ0) is 29.9. The van der Waals surface area contributed by atoms with Gasteiger partial charge in [0.2, 0.25) is 5.75 Å². The SMILES string of the molecule is CCC(F)=C(F)c1ccc(C=Cc2cc(F)c(-c3ccc(-c4cc(F)c(OC(F)(F)F)c(F)c4)cc3)c(F)c2)cc1. The van der Waals surface area contributed by atoms with Crippen molar-refractivity contribution >= 4 is 18.0 Å². The lowest BCUT2D eigenvalue weighted by Gasteiger charge is -2.12. The van der Waals surface area contributed by atoms with Gasteiger partial charge in [-0.05, 0) is 58.5 Å². The summed E-state index contributed by atoms with van der Waals surface area (Å²) in [6.07, 6.45) is -2.40. The molecule has 0 radical (unpaired) electrons. The van der Waals surface area contributed by atoms with Crippen LogP contribution in [-0.2, 0) is 0 Å². The molecular formula is C31H19F9O. The molecule has 1 nitrogen and oxygen atoms in total. The quantitative estimate of drug-likeness (QED) is 0.157. The fraction of sp³-hybridized carbons (Fsp3) is 0.0968. The summed E-state index contributed by atoms with van der Waals surface area (Å²) in [5.41, 5.74) is 0.599. The number of alkyl halides is 3. The normalized spacial score (nSPS) is 12.5. The van der Waals surface area contributed by atoms with Gasteiger partial charge in [0, 0.05) is 5.56 Å². The van der Waals surface area contributed by atoms with E-state index < -0.39 is 47.0 Å². The van der Waals surface area contributed by atoms with Gasteiger partial charge in [0.05, 0.1) is 5.56 Å². The molecule has 0 aliphatic heterocycles. The monoisotopic (exact) mass is 578 g/mol. The molecule has 212 valence electrons. The summed E-state index contributed by atoms with van der Waals surface area (Å²) in [5.74, 6) is -8.38. The van der Waals surface area contributed by atoms with Crippen molar-refractivity contribution in [1.29, 1.82) is 0 Å². The molecule has 0 saturated heterocycles. The van der Waals surface area contributed by atoms with Gasteiger partial charge in [0.15, 0.2) is 17.5 Å². The predicted molar refractivity (Wildman–Crippen MR) is 139 cm³/mol. The van der Waals surface area contributed by atoms with Crippen LogP contribution < -0.4 is 4.74 Å². The first-order valence-corrected chi connectivity index (χ1v) is 12.0. The summed E-state index contributed by atoms with van der Waals surface area (Å²) in [6, 6.07) is 14.4. The fourth-order valence-corrected chi connectivity index (χ4v) is 3.98. The molecule has 0 amide bonds. The molecule has 0 N–H and O–H groups in total. The van der Waals surface area contributed by atoms with Crippen LogP contribution >= 0.6 is 0 Å². The second-order valence-corrected chi connectivity index (χ2v) is 8.78. The topological polar surface area (TPSA) is 9.23 Å². The highest BCUT2D eigenvalue weighted by molar-refractivity contribution is 5.75. The number of hydrogen-bond donors (Lipinski definition) is 0. The van der Waals surface area contributed by atoms with E-state index in [-0.39, 0.29) is 39.8 Å². The molecule has 0 aromatic heterocycles. The zero-order valence-electron chi connectivity index (χ0n) is 21.1. The Morgan fingerprint density at radius 2 is 1.17 bits per heavy atom. The number of hydrogen-bond acceptors (Lipinski definition) is 1. The van der Waals surface area contributed by atoms with E-state index in [1.165, 1.54) is 67.6 Å². The van der Waals surface area contributed by atoms with Crippen LogP contribution in [0.15, 0.2) is 78.6 Å². The van der Waals surface area contributed by atoms with E-state index in [2.05, 4.69) is 4.74 Å². The molecule has 0 aliphatic carbocycles. The third-order valence-corrected chi connectivity index (χ3v) is 5.97. The molecule has 0 aliphatic rings. The Hall–Kier alpha value is -4.47. The molecule has 0 saturated carbocycles. The van der Waals surface area contributed by atoms with Crippen molar-refractivity contribution in [2.45, 2.75) is 19.7 Å². The van der Waals surface area contributed by atoms with Crippen molar-refractivity contribution in [2.75, 3.05) is 0 Å². The van der Waals surface area contributed by atoms with E-state index in [1.807, 2.05) is 0 Å². The van der Waals surface area contributed by atoms with Gasteiger partial charge in [-0.1, -0.05) is 67.6 Å². The van der Waals surface area contributed by atoms with Gasteiger partial charge in [0.25, 0.3) is 0 Å². The van der Waals surface area contributed by atoms with Crippen molar-refractivity contribution in [3.05, 3.63) is 119 Å². The van der Waals surface area contributed by atoms with E-state index in [0.717, 1.165) is 12.1 Å². The Balaban J connectivity index is 1.54. The van der Waals surface area contributed by atoms with Crippen LogP contribution in [0.1, 0.15) is 30.0 Å². The Morgan fingerprint density at radius 1 is 0.659 bits per heavy atom. The van der Waals surface area contributed by atoms with E-state index in [0.29, 0.717) is 17.7 Å². The lowest BCUT2D eigenvalue weighted by atomic mass is 9.98. The third-order valence-electron chi connectivity index (χ3n) is 5.97. The van der Waals surface area contributed by atoms with Crippen molar-refractivity contribution in [3.63, 3.8) is 0 Å². The first-order valence-electron chi connectivity index (χ1n) is 12.0. The molecule has 0 spiro atoms. The van der Waals surface area contributed by atoms with E-state index >= 15 is 0 Å². The zero-order valence-corrected chi connectivity index (χ0v) is 21.1. The smallest absolute Gasteiger partial charge is 0.399 e. The van der Waals surface area contributed by atoms with Crippen molar-refractivity contribution in [3.8, 4) is 28.0 Å². The van der Waals surface area contributed by atoms with Gasteiger partial charge in [-0.2, -0.15) is 0 Å². The van der Waals surface area contributed by atoms with Crippen molar-refractivity contribution in [2.24, 2.45) is 0 Å². The average Bonchev–Trinajstić information content (AvgIpc) is 2.92. The highest BCUT2D eigenvalue weighted by Gasteiger charge is 2.34. The van der Waals surface area contributed by atoms with E-state index in [9.17, 15) is 39.5 Å². The molecule has 4 rings (SSSR count). The predicted octanol–water partition coefficient (Wildman–Crippen LogP) is 10.7. The highest BCUT2D eigenvalue weighted by Crippen LogP contribution is 2.34. The maximum Gasteiger partial charge on any atom is 0.573 e. The maximum absolute atomic E-state index is 14.9. The number of benzene rings is 4. The van der Waals surface area contributed by atoms with Gasteiger partial charge in [0.1, 0.15) is 17.5 Å². The Kier molecular flexibility index (Phi) is 8.60. The number of rotatable bonds is 7. The Bertz CT molecular complexity index is 1570. The van der Waals surface area contributed by atoms with Crippen LogP contribution in [0.25, 0.3) is 40.2 Å². The van der Waals surface area contributed by atoms with E-state index in [4.69, 9.17) is 0 Å². The fourth-order valence-electron chi connectivity index (χ4n) is 3.98. The van der Waals surface area contributed by atoms with E-state index in [1.54, 1.807) is 0 Å². The Labute approximate surface area is 228 Å². The van der Waals surface area contributed by atoms with Crippen molar-refractivity contribution in [1.82, 2.24) is 0 Å². The standard InChI is InChI=1S/C31H19F9O/c1-2-23(32)29(37)21-7-5-17(6-8-21)3-4-18-13-24(33)28(25(34)14-18)20-11-9-19(10-12-20)22-15-26(35)30(27(36)16-22)41-31(38,39)40/h3-16H,2H2,1H3. The first-order chi connectivity index (χ1) is 19.4. The van der Waals surface area contributed by atoms with Crippen LogP contribution in [0.4, 0.5) is 39.5 Å². The summed E-state index contributed by atoms with van der Waals surface area (Å²) in [6.45, 7) is 1.48. The van der Waals surface area contributed by atoms with Crippen molar-refractivity contribution < 1.29 is 44.3 Å². The van der Waals surface area contributed by atoms with Gasteiger partial charge in [-0.25, -0.2) is 26.3 Å². The number of halogens is 9. The first kappa shape index (κ1) is 29.5. The minimum atomic E-state index is -5.29. The van der Waals surface area contributed by atoms with Crippen LogP contribution in [-0.4, -0.2) is 6.36 Å². The largest absolute Gasteiger partial charge is 0.573 e. The molecule has 4 aromatic rings. The summed E-state index contributed by atoms with van der Waals surface area (Å²) in [5, 5.41) is 0. The molecule has 0 fully saturated rings. The highest BCUT2D eigenvalue weighted by atomic mass is 19.4. The van der Waals surface area contributed by atoms with Crippen LogP contribution in [0.5, 0.6) is 5.75 Å². The summed E-state index contributed by atoms with van der Waals surface area (Å²) < 4.78 is 126. The molecule has 0 bridgehead atoms. The summed E-state index contributed by atoms with van der Waals surface area (Å²) in [4.78, 5) is 0. The average molecular weight is 578 g/mol. The summed E-state index contributed by atoms with van der Waals surface area (Å²) in [7, 11) is 0. The van der Waals surface area contributed by atoms with Gasteiger partial charge < -0.3 is 4.74 Å². The lowest BCUT2D eigenvalue weighted by Crippen LogP contribution is -2.19. The lowest BCUT2D eigenvalue weighted by molar-refractivity contribution is -0.276. The van der Waals surface area contributed by atoms with Gasteiger partial charge >= 0.3 is 6.36 Å². The molecular weight excluding hydrogens is 559 g/mol. The second-order valence-electron chi connectivity index (χ2n) is 8.78. The maximum atomic E-state index is 14.9. The summed E-state index contributed by atoms with van der Waals surface area (Å²) >= 11 is 0. The second kappa shape index (κ2) is 12.0. The minimum Gasteiger partial charge on any atom is -0.399 e. The molecule has 4 aromatic carbocycles. The van der Waals surface area contributed by atoms with Gasteiger partial charge in [-0.3, -0.25) is 0 Å². The number of ether oxygens (including phenoxy) is 1. The minimum absolute atomic E-state index is 0.0664.